The molecule has 4 fully saturated rings. The van der Waals surface area contributed by atoms with Crippen molar-refractivity contribution in [1.82, 2.24) is 5.32 Å². The summed E-state index contributed by atoms with van der Waals surface area (Å²) in [6.45, 7) is 11.1. The summed E-state index contributed by atoms with van der Waals surface area (Å²) in [5.41, 5.74) is -3.10. The second kappa shape index (κ2) is 5.95. The second-order valence-electron chi connectivity index (χ2n) is 10.7. The van der Waals surface area contributed by atoms with Gasteiger partial charge in [0.15, 0.2) is 5.41 Å². The predicted octanol–water partition coefficient (Wildman–Crippen LogP) is 3.45. The number of ether oxygens (including phenoxy) is 2. The van der Waals surface area contributed by atoms with Gasteiger partial charge in [-0.1, -0.05) is 0 Å². The number of rotatable bonds is 3. The molecule has 0 radical (unpaired) electrons. The molecule has 2 unspecified atom stereocenters. The topological polar surface area (TPSA) is 64.6 Å². The molecule has 0 amide bonds. The quantitative estimate of drug-likeness (QED) is 0.613. The number of carbonyl (C=O) groups excluding carboxylic acids is 2. The first-order valence-corrected chi connectivity index (χ1v) is 9.99. The zero-order valence-electron chi connectivity index (χ0n) is 17.4. The average Bonchev–Trinajstić information content (AvgIpc) is 2.42. The highest BCUT2D eigenvalue weighted by atomic mass is 16.6. The first-order chi connectivity index (χ1) is 11.8. The Morgan fingerprint density at radius 3 is 1.62 bits per heavy atom. The molecule has 0 saturated heterocycles. The van der Waals surface area contributed by atoms with Crippen molar-refractivity contribution in [1.29, 1.82) is 0 Å². The molecular weight excluding hydrogens is 330 g/mol. The van der Waals surface area contributed by atoms with Crippen LogP contribution in [0.2, 0.25) is 0 Å². The SMILES string of the molecule is CNC12CC3CC(CC(C3)C1(C(=O)OC(C)(C)C)C(=O)OC(C)(C)C)C2. The third kappa shape index (κ3) is 2.96. The normalized spacial score (nSPS) is 35.3. The van der Waals surface area contributed by atoms with Crippen LogP contribution < -0.4 is 5.32 Å². The van der Waals surface area contributed by atoms with Crippen molar-refractivity contribution in [3.8, 4) is 0 Å². The van der Waals surface area contributed by atoms with Crippen molar-refractivity contribution in [2.45, 2.75) is 90.4 Å². The van der Waals surface area contributed by atoms with Gasteiger partial charge < -0.3 is 14.8 Å². The summed E-state index contributed by atoms with van der Waals surface area (Å²) in [5, 5.41) is 3.43. The monoisotopic (exact) mass is 365 g/mol. The average molecular weight is 366 g/mol. The van der Waals surface area contributed by atoms with E-state index in [-0.39, 0.29) is 5.92 Å². The van der Waals surface area contributed by atoms with Gasteiger partial charge in [0.25, 0.3) is 0 Å². The molecule has 4 aliphatic carbocycles. The molecule has 0 spiro atoms. The van der Waals surface area contributed by atoms with Gasteiger partial charge in [-0.3, -0.25) is 9.59 Å². The maximum atomic E-state index is 13.6. The van der Waals surface area contributed by atoms with Gasteiger partial charge in [-0.05, 0) is 98.4 Å². The van der Waals surface area contributed by atoms with E-state index in [4.69, 9.17) is 9.47 Å². The summed E-state index contributed by atoms with van der Waals surface area (Å²) in [5.74, 6) is 0.344. The molecule has 1 N–H and O–H groups in total. The van der Waals surface area contributed by atoms with E-state index in [2.05, 4.69) is 5.32 Å². The number of esters is 2. The summed E-state index contributed by atoms with van der Waals surface area (Å²) in [7, 11) is 1.89. The van der Waals surface area contributed by atoms with Crippen LogP contribution in [0.3, 0.4) is 0 Å². The van der Waals surface area contributed by atoms with E-state index in [0.29, 0.717) is 11.8 Å². The van der Waals surface area contributed by atoms with Gasteiger partial charge in [0, 0.05) is 5.54 Å². The Bertz CT molecular complexity index is 556. The molecule has 5 heteroatoms. The fourth-order valence-corrected chi connectivity index (χ4v) is 5.96. The van der Waals surface area contributed by atoms with Crippen LogP contribution >= 0.6 is 0 Å². The first-order valence-electron chi connectivity index (χ1n) is 9.99. The zero-order chi connectivity index (χ0) is 19.5. The van der Waals surface area contributed by atoms with Gasteiger partial charge in [0.05, 0.1) is 0 Å². The van der Waals surface area contributed by atoms with E-state index in [1.165, 1.54) is 6.42 Å². The largest absolute Gasteiger partial charge is 0.459 e. The molecule has 26 heavy (non-hydrogen) atoms. The molecule has 0 aliphatic heterocycles. The number of nitrogens with one attached hydrogen (secondary N) is 1. The van der Waals surface area contributed by atoms with Crippen LogP contribution in [0.5, 0.6) is 0 Å². The fourth-order valence-electron chi connectivity index (χ4n) is 5.96. The zero-order valence-corrected chi connectivity index (χ0v) is 17.4. The van der Waals surface area contributed by atoms with Crippen molar-refractivity contribution in [2.24, 2.45) is 23.2 Å². The minimum atomic E-state index is -1.25. The third-order valence-electron chi connectivity index (χ3n) is 6.46. The van der Waals surface area contributed by atoms with Crippen molar-refractivity contribution in [2.75, 3.05) is 7.05 Å². The van der Waals surface area contributed by atoms with E-state index < -0.39 is 34.1 Å². The smallest absolute Gasteiger partial charge is 0.326 e. The van der Waals surface area contributed by atoms with Crippen LogP contribution in [-0.4, -0.2) is 35.7 Å². The van der Waals surface area contributed by atoms with Crippen LogP contribution in [0.15, 0.2) is 0 Å². The minimum absolute atomic E-state index is 0.00843. The van der Waals surface area contributed by atoms with Crippen LogP contribution in [-0.2, 0) is 19.1 Å². The summed E-state index contributed by atoms with van der Waals surface area (Å²) in [6.07, 6.45) is 4.74. The Balaban J connectivity index is 2.11. The predicted molar refractivity (Wildman–Crippen MR) is 99.5 cm³/mol. The molecule has 4 aliphatic rings. The molecule has 0 aromatic heterocycles. The number of hydrogen-bond donors (Lipinski definition) is 1. The molecule has 4 bridgehead atoms. The molecule has 0 heterocycles. The van der Waals surface area contributed by atoms with Gasteiger partial charge in [-0.2, -0.15) is 0 Å². The maximum absolute atomic E-state index is 13.6. The van der Waals surface area contributed by atoms with Gasteiger partial charge in [0.2, 0.25) is 0 Å². The van der Waals surface area contributed by atoms with Crippen LogP contribution in [0, 0.1) is 23.2 Å². The molecule has 5 nitrogen and oxygen atoms in total. The van der Waals surface area contributed by atoms with Gasteiger partial charge in [-0.15, -0.1) is 0 Å². The highest BCUT2D eigenvalue weighted by Gasteiger charge is 2.74. The summed E-state index contributed by atoms with van der Waals surface area (Å²) >= 11 is 0. The summed E-state index contributed by atoms with van der Waals surface area (Å²) in [6, 6.07) is 0. The number of hydrogen-bond acceptors (Lipinski definition) is 5. The molecule has 0 aromatic carbocycles. The lowest BCUT2D eigenvalue weighted by atomic mass is 9.41. The summed E-state index contributed by atoms with van der Waals surface area (Å²) in [4.78, 5) is 27.2. The first kappa shape index (κ1) is 19.7. The van der Waals surface area contributed by atoms with Crippen LogP contribution in [0.25, 0.3) is 0 Å². The highest BCUT2D eigenvalue weighted by molar-refractivity contribution is 6.03. The third-order valence-corrected chi connectivity index (χ3v) is 6.46. The van der Waals surface area contributed by atoms with E-state index in [1.54, 1.807) is 0 Å². The summed E-state index contributed by atoms with van der Waals surface area (Å²) < 4.78 is 11.7. The Kier molecular flexibility index (Phi) is 4.50. The van der Waals surface area contributed by atoms with Gasteiger partial charge in [0.1, 0.15) is 11.2 Å². The maximum Gasteiger partial charge on any atom is 0.326 e. The van der Waals surface area contributed by atoms with E-state index in [0.717, 1.165) is 25.7 Å². The van der Waals surface area contributed by atoms with Crippen molar-refractivity contribution >= 4 is 11.9 Å². The van der Waals surface area contributed by atoms with E-state index in [9.17, 15) is 9.59 Å². The van der Waals surface area contributed by atoms with Crippen molar-refractivity contribution in [3.63, 3.8) is 0 Å². The lowest BCUT2D eigenvalue weighted by molar-refractivity contribution is -0.220. The van der Waals surface area contributed by atoms with Crippen LogP contribution in [0.1, 0.15) is 73.6 Å². The highest BCUT2D eigenvalue weighted by Crippen LogP contribution is 2.65. The Morgan fingerprint density at radius 2 is 1.27 bits per heavy atom. The van der Waals surface area contributed by atoms with Crippen molar-refractivity contribution in [3.05, 3.63) is 0 Å². The van der Waals surface area contributed by atoms with Crippen LogP contribution in [0.4, 0.5) is 0 Å². The van der Waals surface area contributed by atoms with E-state index >= 15 is 0 Å². The Hall–Kier alpha value is -1.10. The lowest BCUT2D eigenvalue weighted by Gasteiger charge is -2.64. The van der Waals surface area contributed by atoms with Gasteiger partial charge >= 0.3 is 11.9 Å². The molecular formula is C21H35NO4. The Morgan fingerprint density at radius 1 is 0.846 bits per heavy atom. The number of carbonyl (C=O) groups is 2. The fraction of sp³-hybridized carbons (Fsp3) is 0.905. The van der Waals surface area contributed by atoms with Crippen molar-refractivity contribution < 1.29 is 19.1 Å². The molecule has 148 valence electrons. The Labute approximate surface area is 157 Å². The minimum Gasteiger partial charge on any atom is -0.459 e. The standard InChI is InChI=1S/C21H35NO4/c1-18(2,3)25-16(23)21(17(24)26-19(4,5)6)15-9-13-8-14(10-15)12-20(21,11-13)22-7/h13-15,22H,8-12H2,1-7H3. The van der Waals surface area contributed by atoms with E-state index in [1.807, 2.05) is 48.6 Å². The molecule has 0 aromatic rings. The molecule has 4 saturated carbocycles. The molecule has 2 atom stereocenters. The molecule has 4 rings (SSSR count). The van der Waals surface area contributed by atoms with Gasteiger partial charge in [-0.25, -0.2) is 0 Å². The lowest BCUT2D eigenvalue weighted by Crippen LogP contribution is -2.75. The second-order valence-corrected chi connectivity index (χ2v) is 10.7.